The minimum atomic E-state index is -0.000369. The van der Waals surface area contributed by atoms with Crippen molar-refractivity contribution in [1.82, 2.24) is 0 Å². The fourth-order valence-electron chi connectivity index (χ4n) is 1.94. The molecule has 102 valence electrons. The molecule has 0 aliphatic heterocycles. The van der Waals surface area contributed by atoms with Crippen LogP contribution >= 0.6 is 0 Å². The Balaban J connectivity index is 2.93. The van der Waals surface area contributed by atoms with Crippen molar-refractivity contribution in [3.8, 4) is 5.75 Å². The third-order valence-corrected chi connectivity index (χ3v) is 3.09. The lowest BCUT2D eigenvalue weighted by atomic mass is 10.0. The minimum Gasteiger partial charge on any atom is -0.496 e. The van der Waals surface area contributed by atoms with Crippen molar-refractivity contribution < 1.29 is 4.74 Å². The Morgan fingerprint density at radius 3 is 2.50 bits per heavy atom. The summed E-state index contributed by atoms with van der Waals surface area (Å²) < 4.78 is 5.38. The lowest BCUT2D eigenvalue weighted by Gasteiger charge is -2.24. The first-order valence-electron chi connectivity index (χ1n) is 6.34. The van der Waals surface area contributed by atoms with Crippen molar-refractivity contribution in [3.05, 3.63) is 23.8 Å². The number of hydrogen-bond acceptors (Lipinski definition) is 4. The number of methoxy groups -OCH3 is 1. The molecule has 0 aliphatic rings. The summed E-state index contributed by atoms with van der Waals surface area (Å²) in [7, 11) is 3.73. The van der Waals surface area contributed by atoms with Crippen LogP contribution in [0.15, 0.2) is 18.2 Å². The van der Waals surface area contributed by atoms with E-state index in [-0.39, 0.29) is 6.04 Å². The molecule has 1 aromatic carbocycles. The second kappa shape index (κ2) is 6.61. The van der Waals surface area contributed by atoms with Crippen LogP contribution in [-0.4, -0.2) is 33.3 Å². The molecule has 0 fully saturated rings. The standard InChI is InChI=1S/C14H25N3O/c1-10(2)13-7-12(5-6-14(13)18-4)17(3)9-11(16)8-15/h5-7,10-11H,8-9,15-16H2,1-4H3. The molecule has 0 bridgehead atoms. The number of likely N-dealkylation sites (N-methyl/N-ethyl adjacent to an activating group) is 1. The Kier molecular flexibility index (Phi) is 5.44. The van der Waals surface area contributed by atoms with E-state index in [2.05, 4.69) is 24.8 Å². The van der Waals surface area contributed by atoms with Crippen LogP contribution in [0.3, 0.4) is 0 Å². The first-order valence-corrected chi connectivity index (χ1v) is 6.34. The van der Waals surface area contributed by atoms with Gasteiger partial charge in [-0.15, -0.1) is 0 Å². The Morgan fingerprint density at radius 1 is 1.33 bits per heavy atom. The largest absolute Gasteiger partial charge is 0.496 e. The van der Waals surface area contributed by atoms with Crippen molar-refractivity contribution >= 4 is 5.69 Å². The molecule has 0 heterocycles. The zero-order chi connectivity index (χ0) is 13.7. The summed E-state index contributed by atoms with van der Waals surface area (Å²) in [4.78, 5) is 2.13. The Hall–Kier alpha value is -1.26. The van der Waals surface area contributed by atoms with Crippen molar-refractivity contribution in [2.45, 2.75) is 25.8 Å². The number of anilines is 1. The van der Waals surface area contributed by atoms with Gasteiger partial charge in [-0.3, -0.25) is 0 Å². The highest BCUT2D eigenvalue weighted by Crippen LogP contribution is 2.30. The lowest BCUT2D eigenvalue weighted by Crippen LogP contribution is -2.40. The Morgan fingerprint density at radius 2 is 2.00 bits per heavy atom. The van der Waals surface area contributed by atoms with Crippen molar-refractivity contribution in [3.63, 3.8) is 0 Å². The average molecular weight is 251 g/mol. The van der Waals surface area contributed by atoms with E-state index in [4.69, 9.17) is 16.2 Å². The normalized spacial score (nSPS) is 12.6. The molecule has 1 atom stereocenters. The van der Waals surface area contributed by atoms with E-state index >= 15 is 0 Å². The van der Waals surface area contributed by atoms with E-state index in [0.29, 0.717) is 12.5 Å². The molecular formula is C14H25N3O. The summed E-state index contributed by atoms with van der Waals surface area (Å²) in [5.74, 6) is 1.36. The molecule has 1 aromatic rings. The highest BCUT2D eigenvalue weighted by atomic mass is 16.5. The van der Waals surface area contributed by atoms with Crippen LogP contribution in [0.1, 0.15) is 25.3 Å². The Labute approximate surface area is 110 Å². The molecule has 0 saturated carbocycles. The molecule has 0 saturated heterocycles. The lowest BCUT2D eigenvalue weighted by molar-refractivity contribution is 0.407. The quantitative estimate of drug-likeness (QED) is 0.805. The smallest absolute Gasteiger partial charge is 0.122 e. The zero-order valence-corrected chi connectivity index (χ0v) is 11.8. The van der Waals surface area contributed by atoms with Crippen molar-refractivity contribution in [2.75, 3.05) is 32.1 Å². The molecular weight excluding hydrogens is 226 g/mol. The second-order valence-corrected chi connectivity index (χ2v) is 4.96. The van der Waals surface area contributed by atoms with Crippen LogP contribution in [-0.2, 0) is 0 Å². The molecule has 4 nitrogen and oxygen atoms in total. The maximum Gasteiger partial charge on any atom is 0.122 e. The number of nitrogens with two attached hydrogens (primary N) is 2. The van der Waals surface area contributed by atoms with Gasteiger partial charge in [0.05, 0.1) is 7.11 Å². The summed E-state index contributed by atoms with van der Waals surface area (Å²) in [5.41, 5.74) is 13.8. The van der Waals surface area contributed by atoms with Gasteiger partial charge in [-0.2, -0.15) is 0 Å². The maximum atomic E-state index is 5.87. The van der Waals surface area contributed by atoms with Crippen LogP contribution in [0, 0.1) is 0 Å². The topological polar surface area (TPSA) is 64.5 Å². The van der Waals surface area contributed by atoms with Gasteiger partial charge in [-0.25, -0.2) is 0 Å². The van der Waals surface area contributed by atoms with Gasteiger partial charge in [0, 0.05) is 31.9 Å². The monoisotopic (exact) mass is 251 g/mol. The summed E-state index contributed by atoms with van der Waals surface area (Å²) >= 11 is 0. The van der Waals surface area contributed by atoms with Gasteiger partial charge in [-0.1, -0.05) is 13.8 Å². The third kappa shape index (κ3) is 3.62. The van der Waals surface area contributed by atoms with E-state index in [1.54, 1.807) is 7.11 Å². The highest BCUT2D eigenvalue weighted by molar-refractivity contribution is 5.53. The number of benzene rings is 1. The fraction of sp³-hybridized carbons (Fsp3) is 0.571. The van der Waals surface area contributed by atoms with Crippen molar-refractivity contribution in [2.24, 2.45) is 11.5 Å². The molecule has 0 amide bonds. The molecule has 1 unspecified atom stereocenters. The van der Waals surface area contributed by atoms with Crippen LogP contribution < -0.4 is 21.1 Å². The predicted octanol–water partition coefficient (Wildman–Crippen LogP) is 1.54. The van der Waals surface area contributed by atoms with Gasteiger partial charge >= 0.3 is 0 Å². The first-order chi connectivity index (χ1) is 8.49. The molecule has 0 aliphatic carbocycles. The average Bonchev–Trinajstić information content (AvgIpc) is 2.37. The molecule has 4 N–H and O–H groups in total. The van der Waals surface area contributed by atoms with Crippen molar-refractivity contribution in [1.29, 1.82) is 0 Å². The molecule has 0 spiro atoms. The summed E-state index contributed by atoms with van der Waals surface area (Å²) in [5, 5.41) is 0. The van der Waals surface area contributed by atoms with Crippen LogP contribution in [0.25, 0.3) is 0 Å². The van der Waals surface area contributed by atoms with E-state index in [1.807, 2.05) is 19.2 Å². The highest BCUT2D eigenvalue weighted by Gasteiger charge is 2.11. The van der Waals surface area contributed by atoms with Gasteiger partial charge in [0.1, 0.15) is 5.75 Å². The second-order valence-electron chi connectivity index (χ2n) is 4.96. The van der Waals surface area contributed by atoms with Crippen LogP contribution in [0.2, 0.25) is 0 Å². The number of ether oxygens (including phenoxy) is 1. The van der Waals surface area contributed by atoms with E-state index in [9.17, 15) is 0 Å². The van der Waals surface area contributed by atoms with Gasteiger partial charge in [-0.05, 0) is 29.7 Å². The van der Waals surface area contributed by atoms with Crippen LogP contribution in [0.5, 0.6) is 5.75 Å². The molecule has 4 heteroatoms. The number of nitrogens with zero attached hydrogens (tertiary/aromatic N) is 1. The summed E-state index contributed by atoms with van der Waals surface area (Å²) in [6.07, 6.45) is 0. The van der Waals surface area contributed by atoms with E-state index in [1.165, 1.54) is 5.56 Å². The number of hydrogen-bond donors (Lipinski definition) is 2. The third-order valence-electron chi connectivity index (χ3n) is 3.09. The zero-order valence-electron chi connectivity index (χ0n) is 11.8. The molecule has 0 aromatic heterocycles. The number of rotatable bonds is 6. The SMILES string of the molecule is COc1ccc(N(C)CC(N)CN)cc1C(C)C. The summed E-state index contributed by atoms with van der Waals surface area (Å²) in [6.45, 7) is 5.57. The van der Waals surface area contributed by atoms with Gasteiger partial charge < -0.3 is 21.1 Å². The fourth-order valence-corrected chi connectivity index (χ4v) is 1.94. The summed E-state index contributed by atoms with van der Waals surface area (Å²) in [6, 6.07) is 6.22. The molecule has 0 radical (unpaired) electrons. The molecule has 1 rings (SSSR count). The predicted molar refractivity (Wildman–Crippen MR) is 77.4 cm³/mol. The molecule has 18 heavy (non-hydrogen) atoms. The van der Waals surface area contributed by atoms with Crippen LogP contribution in [0.4, 0.5) is 5.69 Å². The van der Waals surface area contributed by atoms with E-state index < -0.39 is 0 Å². The van der Waals surface area contributed by atoms with Gasteiger partial charge in [0.25, 0.3) is 0 Å². The van der Waals surface area contributed by atoms with Gasteiger partial charge in [0.15, 0.2) is 0 Å². The van der Waals surface area contributed by atoms with Gasteiger partial charge in [0.2, 0.25) is 0 Å². The van der Waals surface area contributed by atoms with E-state index in [0.717, 1.165) is 18.0 Å². The maximum absolute atomic E-state index is 5.87. The first kappa shape index (κ1) is 14.8. The Bertz CT molecular complexity index is 379. The minimum absolute atomic E-state index is 0.000369.